The lowest BCUT2D eigenvalue weighted by Gasteiger charge is -2.16. The molecule has 3 nitrogen and oxygen atoms in total. The maximum atomic E-state index is 11.6. The Morgan fingerprint density at radius 1 is 1.12 bits per heavy atom. The van der Waals surface area contributed by atoms with Crippen LogP contribution in [0.4, 0.5) is 0 Å². The molecule has 1 N–H and O–H groups in total. The molecule has 0 spiro atoms. The quantitative estimate of drug-likeness (QED) is 0.474. The van der Waals surface area contributed by atoms with Gasteiger partial charge >= 0.3 is 5.97 Å². The molecule has 0 rings (SSSR count). The van der Waals surface area contributed by atoms with Crippen molar-refractivity contribution in [1.29, 1.82) is 0 Å². The van der Waals surface area contributed by atoms with Crippen LogP contribution < -0.4 is 0 Å². The summed E-state index contributed by atoms with van der Waals surface area (Å²) in [5.74, 6) is -0.619. The summed E-state index contributed by atoms with van der Waals surface area (Å²) in [6, 6.07) is 0. The van der Waals surface area contributed by atoms with Gasteiger partial charge in [-0.3, -0.25) is 4.79 Å². The van der Waals surface area contributed by atoms with Crippen molar-refractivity contribution >= 4 is 5.97 Å². The molecule has 0 amide bonds. The predicted octanol–water partition coefficient (Wildman–Crippen LogP) is 3.30. The number of carbonyl (C=O) groups excluding carboxylic acids is 1. The van der Waals surface area contributed by atoms with E-state index in [2.05, 4.69) is 6.92 Å². The first kappa shape index (κ1) is 16.4. The molecule has 0 radical (unpaired) electrons. The average molecular weight is 244 g/mol. The van der Waals surface area contributed by atoms with E-state index in [1.165, 1.54) is 25.7 Å². The Morgan fingerprint density at radius 3 is 2.24 bits per heavy atom. The smallest absolute Gasteiger partial charge is 0.311 e. The zero-order valence-electron chi connectivity index (χ0n) is 11.6. The highest BCUT2D eigenvalue weighted by Gasteiger charge is 2.22. The average Bonchev–Trinajstić information content (AvgIpc) is 2.28. The van der Waals surface area contributed by atoms with Crippen molar-refractivity contribution < 1.29 is 14.6 Å². The minimum Gasteiger partial charge on any atom is -0.465 e. The van der Waals surface area contributed by atoms with Gasteiger partial charge in [-0.25, -0.2) is 0 Å². The van der Waals surface area contributed by atoms with Crippen molar-refractivity contribution in [3.05, 3.63) is 0 Å². The zero-order valence-corrected chi connectivity index (χ0v) is 11.6. The third-order valence-electron chi connectivity index (χ3n) is 3.07. The maximum absolute atomic E-state index is 11.6. The molecule has 0 aromatic carbocycles. The molecular formula is C14H28O3. The van der Waals surface area contributed by atoms with E-state index in [1.807, 2.05) is 6.92 Å². The van der Waals surface area contributed by atoms with Crippen molar-refractivity contribution in [1.82, 2.24) is 0 Å². The molecule has 3 heteroatoms. The molecule has 0 aliphatic heterocycles. The second-order valence-electron chi connectivity index (χ2n) is 4.69. The largest absolute Gasteiger partial charge is 0.465 e. The van der Waals surface area contributed by atoms with E-state index >= 15 is 0 Å². The molecule has 0 aliphatic rings. The van der Waals surface area contributed by atoms with Gasteiger partial charge in [0.1, 0.15) is 0 Å². The van der Waals surface area contributed by atoms with Gasteiger partial charge in [0.25, 0.3) is 0 Å². The van der Waals surface area contributed by atoms with Crippen LogP contribution in [0.5, 0.6) is 0 Å². The molecule has 2 atom stereocenters. The maximum Gasteiger partial charge on any atom is 0.311 e. The minimum absolute atomic E-state index is 0.254. The summed E-state index contributed by atoms with van der Waals surface area (Å²) in [7, 11) is 0. The van der Waals surface area contributed by atoms with Crippen LogP contribution in [0.25, 0.3) is 0 Å². The van der Waals surface area contributed by atoms with Crippen LogP contribution in [-0.4, -0.2) is 23.8 Å². The lowest BCUT2D eigenvalue weighted by molar-refractivity contribution is -0.152. The molecule has 102 valence electrons. The second kappa shape index (κ2) is 10.6. The molecule has 17 heavy (non-hydrogen) atoms. The number of hydrogen-bond acceptors (Lipinski definition) is 3. The summed E-state index contributed by atoms with van der Waals surface area (Å²) in [4.78, 5) is 11.6. The van der Waals surface area contributed by atoms with Crippen LogP contribution in [-0.2, 0) is 9.53 Å². The van der Waals surface area contributed by atoms with Gasteiger partial charge in [0.15, 0.2) is 0 Å². The highest BCUT2D eigenvalue weighted by molar-refractivity contribution is 5.72. The Balaban J connectivity index is 3.50. The standard InChI is InChI=1S/C14H28O3/c1-4-6-7-8-9-10-11-17-14(16)13(5-2)12(3)15/h12-13,15H,4-11H2,1-3H3/t12-,13-/m0/s1. The summed E-state index contributed by atoms with van der Waals surface area (Å²) < 4.78 is 5.16. The number of esters is 1. The van der Waals surface area contributed by atoms with Gasteiger partial charge in [-0.05, 0) is 19.8 Å². The van der Waals surface area contributed by atoms with Gasteiger partial charge in [0.05, 0.1) is 18.6 Å². The van der Waals surface area contributed by atoms with Gasteiger partial charge in [0, 0.05) is 0 Å². The summed E-state index contributed by atoms with van der Waals surface area (Å²) >= 11 is 0. The first-order valence-electron chi connectivity index (χ1n) is 6.98. The summed E-state index contributed by atoms with van der Waals surface area (Å²) in [5, 5.41) is 9.38. The Morgan fingerprint density at radius 2 is 1.71 bits per heavy atom. The number of aliphatic hydroxyl groups excluding tert-OH is 1. The number of carbonyl (C=O) groups is 1. The van der Waals surface area contributed by atoms with Crippen molar-refractivity contribution in [2.45, 2.75) is 71.8 Å². The Hall–Kier alpha value is -0.570. The highest BCUT2D eigenvalue weighted by Crippen LogP contribution is 2.11. The van der Waals surface area contributed by atoms with E-state index in [0.717, 1.165) is 12.8 Å². The van der Waals surface area contributed by atoms with Crippen molar-refractivity contribution in [2.75, 3.05) is 6.61 Å². The SMILES string of the molecule is CCCCCCCCOC(=O)[C@@H](CC)[C@H](C)O. The highest BCUT2D eigenvalue weighted by atomic mass is 16.5. The molecule has 0 fully saturated rings. The molecule has 0 saturated carbocycles. The third-order valence-corrected chi connectivity index (χ3v) is 3.07. The van der Waals surface area contributed by atoms with Gasteiger partial charge in [-0.2, -0.15) is 0 Å². The van der Waals surface area contributed by atoms with Crippen LogP contribution in [0, 0.1) is 5.92 Å². The lowest BCUT2D eigenvalue weighted by atomic mass is 10.0. The molecule has 0 aromatic heterocycles. The van der Waals surface area contributed by atoms with Crippen LogP contribution in [0.2, 0.25) is 0 Å². The molecule has 0 saturated heterocycles. The normalized spacial score (nSPS) is 14.4. The van der Waals surface area contributed by atoms with Gasteiger partial charge < -0.3 is 9.84 Å². The fraction of sp³-hybridized carbons (Fsp3) is 0.929. The first-order chi connectivity index (χ1) is 8.13. The summed E-state index contributed by atoms with van der Waals surface area (Å²) in [6.45, 7) is 6.22. The first-order valence-corrected chi connectivity index (χ1v) is 6.98. The van der Waals surface area contributed by atoms with Gasteiger partial charge in [0.2, 0.25) is 0 Å². The molecule has 0 unspecified atom stereocenters. The van der Waals surface area contributed by atoms with Crippen LogP contribution >= 0.6 is 0 Å². The number of aliphatic hydroxyl groups is 1. The number of rotatable bonds is 10. The lowest BCUT2D eigenvalue weighted by Crippen LogP contribution is -2.27. The molecule has 0 aliphatic carbocycles. The van der Waals surface area contributed by atoms with Crippen molar-refractivity contribution in [3.63, 3.8) is 0 Å². The van der Waals surface area contributed by atoms with Crippen molar-refractivity contribution in [2.24, 2.45) is 5.92 Å². The topological polar surface area (TPSA) is 46.5 Å². The van der Waals surface area contributed by atoms with E-state index in [4.69, 9.17) is 4.74 Å². The van der Waals surface area contributed by atoms with E-state index in [-0.39, 0.29) is 11.9 Å². The van der Waals surface area contributed by atoms with Gasteiger partial charge in [-0.15, -0.1) is 0 Å². The number of hydrogen-bond donors (Lipinski definition) is 1. The fourth-order valence-electron chi connectivity index (χ4n) is 1.87. The molecule has 0 bridgehead atoms. The van der Waals surface area contributed by atoms with E-state index < -0.39 is 6.10 Å². The fourth-order valence-corrected chi connectivity index (χ4v) is 1.87. The summed E-state index contributed by atoms with van der Waals surface area (Å²) in [5.41, 5.74) is 0. The van der Waals surface area contributed by atoms with Crippen molar-refractivity contribution in [3.8, 4) is 0 Å². The third kappa shape index (κ3) is 8.19. The Bertz CT molecular complexity index is 190. The Labute approximate surface area is 106 Å². The van der Waals surface area contributed by atoms with Crippen LogP contribution in [0.1, 0.15) is 65.7 Å². The second-order valence-corrected chi connectivity index (χ2v) is 4.69. The molecule has 0 aromatic rings. The molecule has 0 heterocycles. The predicted molar refractivity (Wildman–Crippen MR) is 69.8 cm³/mol. The summed E-state index contributed by atoms with van der Waals surface area (Å²) in [6.07, 6.45) is 7.12. The van der Waals surface area contributed by atoms with E-state index in [0.29, 0.717) is 13.0 Å². The molecular weight excluding hydrogens is 216 g/mol. The van der Waals surface area contributed by atoms with E-state index in [9.17, 15) is 9.90 Å². The monoisotopic (exact) mass is 244 g/mol. The number of unbranched alkanes of at least 4 members (excludes halogenated alkanes) is 5. The van der Waals surface area contributed by atoms with E-state index in [1.54, 1.807) is 6.92 Å². The van der Waals surface area contributed by atoms with Crippen LogP contribution in [0.3, 0.4) is 0 Å². The zero-order chi connectivity index (χ0) is 13.1. The van der Waals surface area contributed by atoms with Crippen LogP contribution in [0.15, 0.2) is 0 Å². The Kier molecular flexibility index (Phi) is 10.2. The minimum atomic E-state index is -0.614. The number of ether oxygens (including phenoxy) is 1. The van der Waals surface area contributed by atoms with Gasteiger partial charge in [-0.1, -0.05) is 46.0 Å².